The lowest BCUT2D eigenvalue weighted by atomic mass is 10.3. The summed E-state index contributed by atoms with van der Waals surface area (Å²) in [6.45, 7) is 5.68. The van der Waals surface area contributed by atoms with Crippen LogP contribution in [0, 0.1) is 6.92 Å². The summed E-state index contributed by atoms with van der Waals surface area (Å²) in [5.74, 6) is 1.08. The van der Waals surface area contributed by atoms with Gasteiger partial charge in [0, 0.05) is 19.2 Å². The average molecular weight is 230 g/mol. The Bertz CT molecular complexity index is 511. The molecule has 0 radical (unpaired) electrons. The Morgan fingerprint density at radius 3 is 2.88 bits per heavy atom. The molecule has 1 saturated heterocycles. The molecule has 0 N–H and O–H groups in total. The van der Waals surface area contributed by atoms with Crippen molar-refractivity contribution < 1.29 is 0 Å². The zero-order valence-electron chi connectivity index (χ0n) is 10.3. The minimum Gasteiger partial charge on any atom is -0.303 e. The third-order valence-corrected chi connectivity index (χ3v) is 3.49. The summed E-state index contributed by atoms with van der Waals surface area (Å²) in [6, 6.07) is 4.18. The molecule has 2 aromatic heterocycles. The first-order valence-electron chi connectivity index (χ1n) is 6.35. The van der Waals surface area contributed by atoms with E-state index in [1.807, 2.05) is 0 Å². The molecule has 90 valence electrons. The van der Waals surface area contributed by atoms with E-state index in [1.54, 1.807) is 0 Å². The molecule has 3 rings (SSSR count). The van der Waals surface area contributed by atoms with Crippen LogP contribution >= 0.6 is 0 Å². The van der Waals surface area contributed by atoms with Gasteiger partial charge in [-0.05, 0) is 50.6 Å². The Morgan fingerprint density at radius 1 is 1.24 bits per heavy atom. The van der Waals surface area contributed by atoms with Gasteiger partial charge in [-0.15, -0.1) is 10.2 Å². The molecule has 0 unspecified atom stereocenters. The highest BCUT2D eigenvalue weighted by molar-refractivity contribution is 5.40. The number of hydrogen-bond donors (Lipinski definition) is 0. The minimum atomic E-state index is 0.960. The number of likely N-dealkylation sites (tertiary alicyclic amines) is 1. The smallest absolute Gasteiger partial charge is 0.161 e. The van der Waals surface area contributed by atoms with E-state index in [9.17, 15) is 0 Å². The van der Waals surface area contributed by atoms with Crippen LogP contribution in [0.25, 0.3) is 5.65 Å². The molecule has 0 aliphatic carbocycles. The molecule has 0 aromatic carbocycles. The van der Waals surface area contributed by atoms with E-state index in [2.05, 4.69) is 44.8 Å². The van der Waals surface area contributed by atoms with Crippen molar-refractivity contribution in [3.05, 3.63) is 29.7 Å². The summed E-state index contributed by atoms with van der Waals surface area (Å²) in [5, 5.41) is 8.50. The van der Waals surface area contributed by atoms with Crippen LogP contribution in [0.1, 0.15) is 24.2 Å². The highest BCUT2D eigenvalue weighted by atomic mass is 15.2. The Kier molecular flexibility index (Phi) is 2.81. The second kappa shape index (κ2) is 4.45. The molecule has 0 bridgehead atoms. The molecule has 1 fully saturated rings. The summed E-state index contributed by atoms with van der Waals surface area (Å²) in [6.07, 6.45) is 5.76. The lowest BCUT2D eigenvalue weighted by molar-refractivity contribution is 0.340. The molecule has 17 heavy (non-hydrogen) atoms. The third kappa shape index (κ3) is 2.17. The van der Waals surface area contributed by atoms with E-state index < -0.39 is 0 Å². The summed E-state index contributed by atoms with van der Waals surface area (Å²) < 4.78 is 2.10. The largest absolute Gasteiger partial charge is 0.303 e. The van der Waals surface area contributed by atoms with Crippen molar-refractivity contribution in [1.29, 1.82) is 0 Å². The number of fused-ring (bicyclic) bond motifs is 1. The molecule has 0 atom stereocenters. The predicted molar refractivity (Wildman–Crippen MR) is 67.1 cm³/mol. The number of aromatic nitrogens is 3. The van der Waals surface area contributed by atoms with E-state index in [4.69, 9.17) is 0 Å². The SMILES string of the molecule is Cc1ccn2c(CCN3CCCC3)nnc2c1. The Labute approximate surface area is 101 Å². The Morgan fingerprint density at radius 2 is 2.06 bits per heavy atom. The van der Waals surface area contributed by atoms with Crippen molar-refractivity contribution in [2.75, 3.05) is 19.6 Å². The molecule has 0 spiro atoms. The quantitative estimate of drug-likeness (QED) is 0.804. The van der Waals surface area contributed by atoms with Gasteiger partial charge >= 0.3 is 0 Å². The lowest BCUT2D eigenvalue weighted by Crippen LogP contribution is -2.22. The molecule has 1 aliphatic rings. The van der Waals surface area contributed by atoms with Crippen molar-refractivity contribution in [2.45, 2.75) is 26.2 Å². The average Bonchev–Trinajstić information content (AvgIpc) is 2.94. The van der Waals surface area contributed by atoms with Crippen molar-refractivity contribution >= 4 is 5.65 Å². The predicted octanol–water partition coefficient (Wildman–Crippen LogP) is 1.68. The number of rotatable bonds is 3. The molecule has 1 aliphatic heterocycles. The zero-order valence-corrected chi connectivity index (χ0v) is 10.3. The molecule has 4 heteroatoms. The van der Waals surface area contributed by atoms with Crippen LogP contribution < -0.4 is 0 Å². The molecule has 3 heterocycles. The summed E-state index contributed by atoms with van der Waals surface area (Å²) in [7, 11) is 0. The van der Waals surface area contributed by atoms with Gasteiger partial charge in [-0.1, -0.05) is 0 Å². The van der Waals surface area contributed by atoms with Crippen LogP contribution in [-0.2, 0) is 6.42 Å². The van der Waals surface area contributed by atoms with E-state index in [-0.39, 0.29) is 0 Å². The highest BCUT2D eigenvalue weighted by Crippen LogP contribution is 2.10. The zero-order chi connectivity index (χ0) is 11.7. The minimum absolute atomic E-state index is 0.960. The first-order chi connectivity index (χ1) is 8.33. The Hall–Kier alpha value is -1.42. The second-order valence-corrected chi connectivity index (χ2v) is 4.85. The topological polar surface area (TPSA) is 33.4 Å². The van der Waals surface area contributed by atoms with Gasteiger partial charge in [0.15, 0.2) is 5.65 Å². The maximum atomic E-state index is 4.28. The van der Waals surface area contributed by atoms with Crippen molar-refractivity contribution in [2.24, 2.45) is 0 Å². The van der Waals surface area contributed by atoms with Crippen LogP contribution in [0.15, 0.2) is 18.3 Å². The molecular weight excluding hydrogens is 212 g/mol. The molecule has 0 amide bonds. The van der Waals surface area contributed by atoms with Crippen LogP contribution in [0.5, 0.6) is 0 Å². The maximum absolute atomic E-state index is 4.28. The van der Waals surface area contributed by atoms with Crippen LogP contribution in [0.2, 0.25) is 0 Å². The number of aryl methyl sites for hydroxylation is 1. The number of nitrogens with zero attached hydrogens (tertiary/aromatic N) is 4. The molecule has 2 aromatic rings. The van der Waals surface area contributed by atoms with Crippen LogP contribution in [0.3, 0.4) is 0 Å². The van der Waals surface area contributed by atoms with Crippen LogP contribution in [0.4, 0.5) is 0 Å². The standard InChI is InChI=1S/C13H18N4/c1-11-4-9-17-12(14-15-13(17)10-11)5-8-16-6-2-3-7-16/h4,9-10H,2-3,5-8H2,1H3. The van der Waals surface area contributed by atoms with E-state index >= 15 is 0 Å². The third-order valence-electron chi connectivity index (χ3n) is 3.49. The van der Waals surface area contributed by atoms with E-state index in [0.29, 0.717) is 0 Å². The van der Waals surface area contributed by atoms with E-state index in [1.165, 1.54) is 31.5 Å². The van der Waals surface area contributed by atoms with Gasteiger partial charge in [0.05, 0.1) is 0 Å². The Balaban J connectivity index is 1.76. The van der Waals surface area contributed by atoms with Gasteiger partial charge in [0.1, 0.15) is 5.82 Å². The summed E-state index contributed by atoms with van der Waals surface area (Å²) in [4.78, 5) is 2.51. The van der Waals surface area contributed by atoms with Crippen LogP contribution in [-0.4, -0.2) is 39.1 Å². The van der Waals surface area contributed by atoms with E-state index in [0.717, 1.165) is 24.4 Å². The normalized spacial score (nSPS) is 17.0. The van der Waals surface area contributed by atoms with Crippen molar-refractivity contribution in [1.82, 2.24) is 19.5 Å². The molecule has 4 nitrogen and oxygen atoms in total. The second-order valence-electron chi connectivity index (χ2n) is 4.85. The number of hydrogen-bond acceptors (Lipinski definition) is 3. The first kappa shape index (κ1) is 10.7. The fourth-order valence-corrected chi connectivity index (χ4v) is 2.48. The monoisotopic (exact) mass is 230 g/mol. The van der Waals surface area contributed by atoms with Gasteiger partial charge < -0.3 is 4.90 Å². The van der Waals surface area contributed by atoms with Gasteiger partial charge in [-0.25, -0.2) is 0 Å². The number of pyridine rings is 1. The molecule has 0 saturated carbocycles. The van der Waals surface area contributed by atoms with Gasteiger partial charge in [0.25, 0.3) is 0 Å². The molecular formula is C13H18N4. The summed E-state index contributed by atoms with van der Waals surface area (Å²) in [5.41, 5.74) is 2.19. The maximum Gasteiger partial charge on any atom is 0.161 e. The lowest BCUT2D eigenvalue weighted by Gasteiger charge is -2.13. The van der Waals surface area contributed by atoms with Crippen molar-refractivity contribution in [3.8, 4) is 0 Å². The van der Waals surface area contributed by atoms with Gasteiger partial charge in [-0.3, -0.25) is 4.40 Å². The van der Waals surface area contributed by atoms with Gasteiger partial charge in [0.2, 0.25) is 0 Å². The fourth-order valence-electron chi connectivity index (χ4n) is 2.48. The first-order valence-corrected chi connectivity index (χ1v) is 6.35. The van der Waals surface area contributed by atoms with Gasteiger partial charge in [-0.2, -0.15) is 0 Å². The summed E-state index contributed by atoms with van der Waals surface area (Å²) >= 11 is 0. The fraction of sp³-hybridized carbons (Fsp3) is 0.538. The van der Waals surface area contributed by atoms with Crippen molar-refractivity contribution in [3.63, 3.8) is 0 Å². The highest BCUT2D eigenvalue weighted by Gasteiger charge is 2.12.